The van der Waals surface area contributed by atoms with Gasteiger partial charge < -0.3 is 10.6 Å². The average Bonchev–Trinajstić information content (AvgIpc) is 2.71. The largest absolute Gasteiger partial charge is 0.338 e. The maximum absolute atomic E-state index is 13.5. The summed E-state index contributed by atoms with van der Waals surface area (Å²) in [4.78, 5) is 11.9. The lowest BCUT2D eigenvalue weighted by molar-refractivity contribution is 0.245. The van der Waals surface area contributed by atoms with Crippen LogP contribution < -0.4 is 10.6 Å². The monoisotopic (exact) mass is 441 g/mol. The smallest absolute Gasteiger partial charge is 0.319 e. The summed E-state index contributed by atoms with van der Waals surface area (Å²) >= 11 is 0. The summed E-state index contributed by atoms with van der Waals surface area (Å²) in [6.45, 7) is 1.03. The number of piperidine rings is 1. The molecule has 1 fully saturated rings. The van der Waals surface area contributed by atoms with E-state index in [1.54, 1.807) is 0 Å². The molecule has 2 N–H and O–H groups in total. The van der Waals surface area contributed by atoms with Crippen LogP contribution in [0.2, 0.25) is 0 Å². The van der Waals surface area contributed by atoms with Crippen LogP contribution in [0.1, 0.15) is 19.3 Å². The number of amides is 2. The second kappa shape index (κ2) is 9.48. The molecular formula is C20H22F3N3O3S. The SMILES string of the molecule is O=C(NCCC1CCN(S(=O)(=O)c2ccc(F)cc2)CC1)Nc1ccc(F)cc1F. The summed E-state index contributed by atoms with van der Waals surface area (Å²) in [5.74, 6) is -1.86. The number of carbonyl (C=O) groups is 1. The van der Waals surface area contributed by atoms with Gasteiger partial charge in [0.15, 0.2) is 0 Å². The van der Waals surface area contributed by atoms with Gasteiger partial charge in [-0.25, -0.2) is 26.4 Å². The molecule has 0 bridgehead atoms. The van der Waals surface area contributed by atoms with E-state index in [1.165, 1.54) is 16.4 Å². The van der Waals surface area contributed by atoms with E-state index < -0.39 is 33.5 Å². The standard InChI is InChI=1S/C20H22F3N3O3S/c21-15-1-4-17(5-2-15)30(28,29)26-11-8-14(9-12-26)7-10-24-20(27)25-19-6-3-16(22)13-18(19)23/h1-6,13-14H,7-12H2,(H2,24,25,27). The molecule has 1 aliphatic heterocycles. The predicted octanol–water partition coefficient (Wildman–Crippen LogP) is 3.72. The van der Waals surface area contributed by atoms with Gasteiger partial charge in [-0.15, -0.1) is 0 Å². The van der Waals surface area contributed by atoms with Gasteiger partial charge in [0.25, 0.3) is 0 Å². The van der Waals surface area contributed by atoms with Crippen LogP contribution in [0.15, 0.2) is 47.4 Å². The Morgan fingerprint density at radius 3 is 2.27 bits per heavy atom. The van der Waals surface area contributed by atoms with Crippen molar-refractivity contribution in [2.24, 2.45) is 5.92 Å². The van der Waals surface area contributed by atoms with E-state index in [4.69, 9.17) is 0 Å². The first-order valence-electron chi connectivity index (χ1n) is 9.51. The molecule has 1 saturated heterocycles. The Kier molecular flexibility index (Phi) is 6.99. The van der Waals surface area contributed by atoms with Crippen LogP contribution in [-0.4, -0.2) is 38.4 Å². The minimum Gasteiger partial charge on any atom is -0.338 e. The number of nitrogens with zero attached hydrogens (tertiary/aromatic N) is 1. The van der Waals surface area contributed by atoms with Crippen LogP contribution in [0.5, 0.6) is 0 Å². The Morgan fingerprint density at radius 1 is 1.00 bits per heavy atom. The molecule has 2 aromatic carbocycles. The molecule has 10 heteroatoms. The Labute approximate surface area is 173 Å². The number of rotatable bonds is 6. The number of anilines is 1. The zero-order chi connectivity index (χ0) is 21.7. The van der Waals surface area contributed by atoms with Crippen molar-refractivity contribution in [1.82, 2.24) is 9.62 Å². The van der Waals surface area contributed by atoms with Gasteiger partial charge in [-0.3, -0.25) is 0 Å². The van der Waals surface area contributed by atoms with Crippen molar-refractivity contribution in [3.8, 4) is 0 Å². The summed E-state index contributed by atoms with van der Waals surface area (Å²) < 4.78 is 66.1. The molecule has 0 radical (unpaired) electrons. The lowest BCUT2D eigenvalue weighted by Crippen LogP contribution is -2.39. The van der Waals surface area contributed by atoms with Crippen molar-refractivity contribution in [3.63, 3.8) is 0 Å². The number of sulfonamides is 1. The number of hydrogen-bond donors (Lipinski definition) is 2. The van der Waals surface area contributed by atoms with Gasteiger partial charge in [-0.2, -0.15) is 4.31 Å². The highest BCUT2D eigenvalue weighted by Crippen LogP contribution is 2.25. The number of benzene rings is 2. The Hall–Kier alpha value is -2.59. The van der Waals surface area contributed by atoms with Crippen molar-refractivity contribution in [1.29, 1.82) is 0 Å². The Bertz CT molecular complexity index is 992. The lowest BCUT2D eigenvalue weighted by Gasteiger charge is -2.31. The second-order valence-electron chi connectivity index (χ2n) is 7.10. The van der Waals surface area contributed by atoms with Crippen molar-refractivity contribution >= 4 is 21.7 Å². The first-order valence-corrected chi connectivity index (χ1v) is 11.0. The van der Waals surface area contributed by atoms with Crippen LogP contribution in [0, 0.1) is 23.4 Å². The van der Waals surface area contributed by atoms with Crippen molar-refractivity contribution in [2.45, 2.75) is 24.2 Å². The van der Waals surface area contributed by atoms with E-state index in [2.05, 4.69) is 10.6 Å². The van der Waals surface area contributed by atoms with Crippen LogP contribution in [-0.2, 0) is 10.0 Å². The van der Waals surface area contributed by atoms with Crippen LogP contribution >= 0.6 is 0 Å². The van der Waals surface area contributed by atoms with Gasteiger partial charge in [0, 0.05) is 25.7 Å². The molecule has 1 aliphatic rings. The maximum Gasteiger partial charge on any atom is 0.319 e. The van der Waals surface area contributed by atoms with Crippen molar-refractivity contribution in [3.05, 3.63) is 59.9 Å². The van der Waals surface area contributed by atoms with Gasteiger partial charge in [0.1, 0.15) is 17.5 Å². The molecule has 3 rings (SSSR count). The van der Waals surface area contributed by atoms with Crippen molar-refractivity contribution < 1.29 is 26.4 Å². The molecule has 0 aliphatic carbocycles. The van der Waals surface area contributed by atoms with Gasteiger partial charge in [0.2, 0.25) is 10.0 Å². The van der Waals surface area contributed by atoms with Crippen molar-refractivity contribution in [2.75, 3.05) is 25.0 Å². The second-order valence-corrected chi connectivity index (χ2v) is 9.03. The molecular weight excluding hydrogens is 419 g/mol. The summed E-state index contributed by atoms with van der Waals surface area (Å²) in [7, 11) is -3.65. The fourth-order valence-corrected chi connectivity index (χ4v) is 4.81. The van der Waals surface area contributed by atoms with E-state index in [1.807, 2.05) is 0 Å². The van der Waals surface area contributed by atoms with Gasteiger partial charge in [-0.05, 0) is 61.6 Å². The topological polar surface area (TPSA) is 78.5 Å². The highest BCUT2D eigenvalue weighted by molar-refractivity contribution is 7.89. The summed E-state index contributed by atoms with van der Waals surface area (Å²) in [5, 5.41) is 4.93. The third kappa shape index (κ3) is 5.51. The van der Waals surface area contributed by atoms with E-state index in [9.17, 15) is 26.4 Å². The first-order chi connectivity index (χ1) is 14.3. The minimum atomic E-state index is -3.65. The molecule has 30 heavy (non-hydrogen) atoms. The molecule has 0 unspecified atom stereocenters. The molecule has 6 nitrogen and oxygen atoms in total. The fourth-order valence-electron chi connectivity index (χ4n) is 3.34. The molecule has 0 spiro atoms. The first kappa shape index (κ1) is 22.1. The highest BCUT2D eigenvalue weighted by atomic mass is 32.2. The Morgan fingerprint density at radius 2 is 1.63 bits per heavy atom. The molecule has 2 amide bonds. The lowest BCUT2D eigenvalue weighted by atomic mass is 9.95. The zero-order valence-electron chi connectivity index (χ0n) is 16.1. The summed E-state index contributed by atoms with van der Waals surface area (Å²) in [5.41, 5.74) is -0.117. The number of nitrogens with one attached hydrogen (secondary N) is 2. The quantitative estimate of drug-likeness (QED) is 0.717. The highest BCUT2D eigenvalue weighted by Gasteiger charge is 2.29. The van der Waals surface area contributed by atoms with Crippen LogP contribution in [0.25, 0.3) is 0 Å². The maximum atomic E-state index is 13.5. The van der Waals surface area contributed by atoms with Gasteiger partial charge in [-0.1, -0.05) is 0 Å². The molecule has 0 aromatic heterocycles. The third-order valence-electron chi connectivity index (χ3n) is 5.04. The Balaban J connectivity index is 1.42. The number of urea groups is 1. The number of hydrogen-bond acceptors (Lipinski definition) is 3. The van der Waals surface area contributed by atoms with Gasteiger partial charge in [0.05, 0.1) is 10.6 Å². The van der Waals surface area contributed by atoms with E-state index >= 15 is 0 Å². The summed E-state index contributed by atoms with van der Waals surface area (Å²) in [6.07, 6.45) is 1.91. The zero-order valence-corrected chi connectivity index (χ0v) is 16.9. The van der Waals surface area contributed by atoms with Gasteiger partial charge >= 0.3 is 6.03 Å². The molecule has 0 saturated carbocycles. The average molecular weight is 441 g/mol. The van der Waals surface area contributed by atoms with Crippen LogP contribution in [0.4, 0.5) is 23.7 Å². The van der Waals surface area contributed by atoms with E-state index in [0.29, 0.717) is 45.0 Å². The predicted molar refractivity (Wildman–Crippen MR) is 106 cm³/mol. The third-order valence-corrected chi connectivity index (χ3v) is 6.96. The summed E-state index contributed by atoms with van der Waals surface area (Å²) in [6, 6.07) is 7.02. The van der Waals surface area contributed by atoms with E-state index in [0.717, 1.165) is 24.3 Å². The molecule has 2 aromatic rings. The minimum absolute atomic E-state index is 0.0636. The molecule has 162 valence electrons. The van der Waals surface area contributed by atoms with Crippen LogP contribution in [0.3, 0.4) is 0 Å². The molecule has 1 heterocycles. The fraction of sp³-hybridized carbons (Fsp3) is 0.350. The molecule has 0 atom stereocenters. The number of carbonyl (C=O) groups excluding carboxylic acids is 1. The normalized spacial score (nSPS) is 15.7. The number of halogens is 3. The van der Waals surface area contributed by atoms with E-state index in [-0.39, 0.29) is 16.5 Å².